The fraction of sp³-hybridized carbons (Fsp3) is 0.308. The minimum Gasteiger partial charge on any atom is -0.442 e. The Morgan fingerprint density at radius 3 is 2.90 bits per heavy atom. The van der Waals surface area contributed by atoms with Crippen molar-refractivity contribution in [1.29, 1.82) is 0 Å². The van der Waals surface area contributed by atoms with Gasteiger partial charge in [0.1, 0.15) is 5.76 Å². The van der Waals surface area contributed by atoms with Gasteiger partial charge in [-0.25, -0.2) is 4.98 Å². The highest BCUT2D eigenvalue weighted by molar-refractivity contribution is 7.85. The molecule has 0 aromatic carbocycles. The number of nitrogens with zero attached hydrogens (tertiary/aromatic N) is 1. The van der Waals surface area contributed by atoms with Gasteiger partial charge >= 0.3 is 0 Å². The molecule has 108 valence electrons. The molecule has 0 spiro atoms. The first-order valence-electron chi connectivity index (χ1n) is 5.96. The second-order valence-electron chi connectivity index (χ2n) is 4.18. The molecule has 0 N–H and O–H groups in total. The summed E-state index contributed by atoms with van der Waals surface area (Å²) >= 11 is 1.63. The van der Waals surface area contributed by atoms with Crippen molar-refractivity contribution in [2.24, 2.45) is 0 Å². The van der Waals surface area contributed by atoms with E-state index in [1.807, 2.05) is 23.6 Å². The van der Waals surface area contributed by atoms with Crippen molar-refractivity contribution in [1.82, 2.24) is 4.98 Å². The number of rotatable bonds is 6. The molecule has 0 saturated heterocycles. The number of oxazole rings is 1. The molecule has 0 aliphatic heterocycles. The zero-order valence-corrected chi connectivity index (χ0v) is 12.8. The standard InChI is InChI=1S/C13H15NO4S2/c1-10-12(7-8-17-20(2,15)16)14-13(18-10)6-5-11-4-3-9-19-11/h3-6,9H,7-8H2,1-2H3/b6-5+. The summed E-state index contributed by atoms with van der Waals surface area (Å²) in [7, 11) is -3.41. The van der Waals surface area contributed by atoms with Crippen molar-refractivity contribution in [3.8, 4) is 0 Å². The lowest BCUT2D eigenvalue weighted by Gasteiger charge is -1.98. The lowest BCUT2D eigenvalue weighted by Crippen LogP contribution is -2.06. The van der Waals surface area contributed by atoms with Crippen LogP contribution in [0.1, 0.15) is 22.2 Å². The lowest BCUT2D eigenvalue weighted by molar-refractivity contribution is 0.324. The van der Waals surface area contributed by atoms with Gasteiger partial charge in [0.15, 0.2) is 0 Å². The summed E-state index contributed by atoms with van der Waals surface area (Å²) < 4.78 is 31.9. The second-order valence-corrected chi connectivity index (χ2v) is 6.80. The van der Waals surface area contributed by atoms with Gasteiger partial charge in [0.25, 0.3) is 10.1 Å². The van der Waals surface area contributed by atoms with E-state index in [1.54, 1.807) is 24.3 Å². The van der Waals surface area contributed by atoms with Crippen LogP contribution in [0.2, 0.25) is 0 Å². The molecule has 20 heavy (non-hydrogen) atoms. The minimum absolute atomic E-state index is 0.0697. The normalized spacial score (nSPS) is 12.3. The Kier molecular flexibility index (Phi) is 4.74. The van der Waals surface area contributed by atoms with Gasteiger partial charge in [-0.05, 0) is 24.4 Å². The Morgan fingerprint density at radius 1 is 1.45 bits per heavy atom. The zero-order chi connectivity index (χ0) is 14.6. The van der Waals surface area contributed by atoms with Gasteiger partial charge in [0, 0.05) is 17.4 Å². The van der Waals surface area contributed by atoms with Crippen molar-refractivity contribution in [3.05, 3.63) is 39.7 Å². The van der Waals surface area contributed by atoms with Gasteiger partial charge in [-0.15, -0.1) is 11.3 Å². The topological polar surface area (TPSA) is 69.4 Å². The zero-order valence-electron chi connectivity index (χ0n) is 11.2. The van der Waals surface area contributed by atoms with Crippen molar-refractivity contribution in [3.63, 3.8) is 0 Å². The van der Waals surface area contributed by atoms with E-state index in [0.717, 1.165) is 11.1 Å². The lowest BCUT2D eigenvalue weighted by atomic mass is 10.3. The highest BCUT2D eigenvalue weighted by Gasteiger charge is 2.09. The number of thiophene rings is 1. The molecule has 0 radical (unpaired) electrons. The fourth-order valence-electron chi connectivity index (χ4n) is 1.58. The van der Waals surface area contributed by atoms with E-state index in [2.05, 4.69) is 4.98 Å². The first kappa shape index (κ1) is 15.0. The van der Waals surface area contributed by atoms with E-state index in [0.29, 0.717) is 23.8 Å². The largest absolute Gasteiger partial charge is 0.442 e. The quantitative estimate of drug-likeness (QED) is 0.767. The van der Waals surface area contributed by atoms with E-state index < -0.39 is 10.1 Å². The SMILES string of the molecule is Cc1oc(/C=C/c2cccs2)nc1CCOS(C)(=O)=O. The Balaban J connectivity index is 1.98. The van der Waals surface area contributed by atoms with Crippen LogP contribution in [0.5, 0.6) is 0 Å². The van der Waals surface area contributed by atoms with Crippen LogP contribution < -0.4 is 0 Å². The summed E-state index contributed by atoms with van der Waals surface area (Å²) in [6, 6.07) is 3.97. The summed E-state index contributed by atoms with van der Waals surface area (Å²) in [4.78, 5) is 5.42. The van der Waals surface area contributed by atoms with Gasteiger partial charge in [-0.2, -0.15) is 8.42 Å². The number of aromatic nitrogens is 1. The average molecular weight is 313 g/mol. The number of hydrogen-bond acceptors (Lipinski definition) is 6. The summed E-state index contributed by atoms with van der Waals surface area (Å²) in [5.41, 5.74) is 0.708. The van der Waals surface area contributed by atoms with Gasteiger partial charge in [0.05, 0.1) is 18.6 Å². The summed E-state index contributed by atoms with van der Waals surface area (Å²) in [6.07, 6.45) is 5.14. The molecule has 5 nitrogen and oxygen atoms in total. The molecule has 0 bridgehead atoms. The van der Waals surface area contributed by atoms with Crippen LogP contribution >= 0.6 is 11.3 Å². The van der Waals surface area contributed by atoms with Crippen molar-refractivity contribution in [2.75, 3.05) is 12.9 Å². The van der Waals surface area contributed by atoms with Crippen LogP contribution in [0.3, 0.4) is 0 Å². The smallest absolute Gasteiger partial charge is 0.264 e. The molecule has 0 aliphatic rings. The monoisotopic (exact) mass is 313 g/mol. The maximum Gasteiger partial charge on any atom is 0.264 e. The van der Waals surface area contributed by atoms with Gasteiger partial charge in [-0.3, -0.25) is 4.18 Å². The molecule has 2 aromatic rings. The van der Waals surface area contributed by atoms with E-state index in [4.69, 9.17) is 8.60 Å². The third-order valence-corrected chi connectivity index (χ3v) is 3.91. The summed E-state index contributed by atoms with van der Waals surface area (Å²) in [6.45, 7) is 1.87. The molecule has 0 aliphatic carbocycles. The van der Waals surface area contributed by atoms with Gasteiger partial charge in [0.2, 0.25) is 5.89 Å². The predicted octanol–water partition coefficient (Wildman–Crippen LogP) is 2.73. The minimum atomic E-state index is -3.41. The Morgan fingerprint density at radius 2 is 2.25 bits per heavy atom. The molecule has 0 atom stereocenters. The molecule has 2 heterocycles. The first-order chi connectivity index (χ1) is 9.44. The highest BCUT2D eigenvalue weighted by atomic mass is 32.2. The third kappa shape index (κ3) is 4.59. The van der Waals surface area contributed by atoms with E-state index >= 15 is 0 Å². The Labute approximate surface area is 122 Å². The number of hydrogen-bond donors (Lipinski definition) is 0. The van der Waals surface area contributed by atoms with Crippen molar-refractivity contribution >= 4 is 33.6 Å². The predicted molar refractivity (Wildman–Crippen MR) is 79.0 cm³/mol. The fourth-order valence-corrected chi connectivity index (χ4v) is 2.59. The van der Waals surface area contributed by atoms with E-state index in [-0.39, 0.29) is 6.61 Å². The first-order valence-corrected chi connectivity index (χ1v) is 8.66. The molecule has 0 saturated carbocycles. The van der Waals surface area contributed by atoms with Crippen LogP contribution in [0.15, 0.2) is 21.9 Å². The van der Waals surface area contributed by atoms with E-state index in [1.165, 1.54) is 0 Å². The maximum atomic E-state index is 10.9. The number of aryl methyl sites for hydroxylation is 1. The van der Waals surface area contributed by atoms with E-state index in [9.17, 15) is 8.42 Å². The highest BCUT2D eigenvalue weighted by Crippen LogP contribution is 2.16. The van der Waals surface area contributed by atoms with Crippen LogP contribution in [0.25, 0.3) is 12.2 Å². The molecular formula is C13H15NO4S2. The molecule has 7 heteroatoms. The summed E-state index contributed by atoms with van der Waals surface area (Å²) in [5, 5.41) is 1.99. The van der Waals surface area contributed by atoms with Gasteiger partial charge in [-0.1, -0.05) is 6.07 Å². The molecule has 2 rings (SSSR count). The second kappa shape index (κ2) is 6.34. The summed E-state index contributed by atoms with van der Waals surface area (Å²) in [5.74, 6) is 1.18. The Hall–Kier alpha value is -1.44. The molecular weight excluding hydrogens is 298 g/mol. The van der Waals surface area contributed by atoms with Crippen molar-refractivity contribution < 1.29 is 17.0 Å². The van der Waals surface area contributed by atoms with Gasteiger partial charge < -0.3 is 4.42 Å². The van der Waals surface area contributed by atoms with Crippen LogP contribution in [0, 0.1) is 6.92 Å². The Bertz CT molecular complexity index is 684. The van der Waals surface area contributed by atoms with Crippen LogP contribution in [0.4, 0.5) is 0 Å². The molecule has 0 fully saturated rings. The average Bonchev–Trinajstić information content (AvgIpc) is 2.95. The molecule has 0 unspecified atom stereocenters. The van der Waals surface area contributed by atoms with Crippen molar-refractivity contribution in [2.45, 2.75) is 13.3 Å². The van der Waals surface area contributed by atoms with Crippen LogP contribution in [-0.2, 0) is 20.7 Å². The maximum absolute atomic E-state index is 10.9. The molecule has 0 amide bonds. The third-order valence-electron chi connectivity index (χ3n) is 2.48. The molecule has 2 aromatic heterocycles. The van der Waals surface area contributed by atoms with Crippen LogP contribution in [-0.4, -0.2) is 26.3 Å².